The molecular weight excluding hydrogens is 458 g/mol. The fourth-order valence-electron chi connectivity index (χ4n) is 4.50. The largest absolute Gasteiger partial charge is 0.494 e. The molecule has 4 aromatic carbocycles. The second-order valence-electron chi connectivity index (χ2n) is 8.53. The first-order valence-electron chi connectivity index (χ1n) is 11.3. The van der Waals surface area contributed by atoms with Crippen LogP contribution < -0.4 is 0 Å². The summed E-state index contributed by atoms with van der Waals surface area (Å²) in [6, 6.07) is 27.2. The molecule has 2 heterocycles. The zero-order valence-electron chi connectivity index (χ0n) is 18.8. The smallest absolute Gasteiger partial charge is 0.280 e. The van der Waals surface area contributed by atoms with E-state index >= 15 is 0 Å². The molecule has 1 aromatic heterocycles. The second kappa shape index (κ2) is 8.43. The quantitative estimate of drug-likeness (QED) is 0.294. The highest BCUT2D eigenvalue weighted by molar-refractivity contribution is 6.30. The molecule has 0 atom stereocenters. The van der Waals surface area contributed by atoms with Gasteiger partial charge in [-0.3, -0.25) is 4.79 Å². The average molecular weight is 476 g/mol. The highest BCUT2D eigenvalue weighted by Gasteiger charge is 2.33. The summed E-state index contributed by atoms with van der Waals surface area (Å²) in [7, 11) is 0. The number of rotatable bonds is 4. The van der Waals surface area contributed by atoms with E-state index in [2.05, 4.69) is 9.98 Å². The Balaban J connectivity index is 1.33. The predicted molar refractivity (Wildman–Crippen MR) is 135 cm³/mol. The Morgan fingerprint density at radius 2 is 0.944 bits per heavy atom. The van der Waals surface area contributed by atoms with Crippen molar-refractivity contribution in [1.82, 2.24) is 4.98 Å². The van der Waals surface area contributed by atoms with E-state index in [1.165, 1.54) is 24.3 Å². The number of aromatic amines is 1. The lowest BCUT2D eigenvalue weighted by Gasteiger charge is -2.05. The van der Waals surface area contributed by atoms with Gasteiger partial charge < -0.3 is 10.1 Å². The van der Waals surface area contributed by atoms with Crippen molar-refractivity contribution < 1.29 is 18.7 Å². The maximum absolute atomic E-state index is 13.2. The number of H-pyrrole nitrogens is 1. The van der Waals surface area contributed by atoms with Crippen molar-refractivity contribution in [3.05, 3.63) is 125 Å². The zero-order chi connectivity index (χ0) is 24.8. The van der Waals surface area contributed by atoms with Crippen LogP contribution >= 0.6 is 0 Å². The summed E-state index contributed by atoms with van der Waals surface area (Å²) in [4.78, 5) is 20.1. The van der Waals surface area contributed by atoms with Crippen molar-refractivity contribution in [1.29, 1.82) is 0 Å². The number of carbonyl (C=O) groups excluding carboxylic acids is 1. The molecule has 0 aliphatic carbocycles. The van der Waals surface area contributed by atoms with Gasteiger partial charge in [0, 0.05) is 5.56 Å². The number of aromatic nitrogens is 1. The molecule has 1 amide bonds. The molecule has 0 fully saturated rings. The Bertz CT molecular complexity index is 1630. The molecule has 6 rings (SSSR count). The number of hydrogen-bond acceptors (Lipinski definition) is 2. The summed E-state index contributed by atoms with van der Waals surface area (Å²) in [6.45, 7) is 0. The second-order valence-corrected chi connectivity index (χ2v) is 8.53. The number of hydrogen-bond donors (Lipinski definition) is 2. The minimum Gasteiger partial charge on any atom is -0.494 e. The highest BCUT2D eigenvalue weighted by Crippen LogP contribution is 2.38. The average Bonchev–Trinajstić information content (AvgIpc) is 3.43. The van der Waals surface area contributed by atoms with Gasteiger partial charge in [-0.2, -0.15) is 0 Å². The van der Waals surface area contributed by atoms with Crippen LogP contribution in [0.2, 0.25) is 0 Å². The number of fused-ring (bicyclic) bond motifs is 1. The van der Waals surface area contributed by atoms with Gasteiger partial charge in [0.15, 0.2) is 5.88 Å². The SMILES string of the molecule is O=C1N=C(c2ccc(-c3ccc(F)cc3)cc2)c2c(O)[nH]c(-c3ccc(-c4ccc(F)cc4)cc3)c21. The molecule has 0 bridgehead atoms. The van der Waals surface area contributed by atoms with Gasteiger partial charge in [0.25, 0.3) is 5.91 Å². The van der Waals surface area contributed by atoms with Gasteiger partial charge in [0.05, 0.1) is 22.5 Å². The van der Waals surface area contributed by atoms with E-state index in [9.17, 15) is 18.7 Å². The topological polar surface area (TPSA) is 65.4 Å². The molecular formula is C30H18F2N2O2. The van der Waals surface area contributed by atoms with Crippen molar-refractivity contribution in [3.63, 3.8) is 0 Å². The van der Waals surface area contributed by atoms with E-state index in [0.717, 1.165) is 22.3 Å². The van der Waals surface area contributed by atoms with Crippen LogP contribution in [0.1, 0.15) is 21.5 Å². The lowest BCUT2D eigenvalue weighted by molar-refractivity contribution is 0.101. The summed E-state index contributed by atoms with van der Waals surface area (Å²) in [5, 5.41) is 10.7. The Morgan fingerprint density at radius 3 is 1.42 bits per heavy atom. The van der Waals surface area contributed by atoms with E-state index in [0.29, 0.717) is 33.7 Å². The molecule has 4 nitrogen and oxygen atoms in total. The van der Waals surface area contributed by atoms with Crippen LogP contribution in [-0.2, 0) is 0 Å². The molecule has 0 radical (unpaired) electrons. The van der Waals surface area contributed by atoms with E-state index in [-0.39, 0.29) is 17.5 Å². The van der Waals surface area contributed by atoms with Crippen molar-refractivity contribution in [2.45, 2.75) is 0 Å². The van der Waals surface area contributed by atoms with E-state index < -0.39 is 5.91 Å². The van der Waals surface area contributed by atoms with Crippen LogP contribution in [0.15, 0.2) is 102 Å². The van der Waals surface area contributed by atoms with Crippen LogP contribution in [0, 0.1) is 11.6 Å². The third-order valence-electron chi connectivity index (χ3n) is 6.33. The van der Waals surface area contributed by atoms with Crippen molar-refractivity contribution in [2.24, 2.45) is 4.99 Å². The molecule has 36 heavy (non-hydrogen) atoms. The van der Waals surface area contributed by atoms with Gasteiger partial charge in [-0.15, -0.1) is 0 Å². The standard InChI is InChI=1S/C30H18F2N2O2/c31-23-13-9-19(10-14-23)17-1-5-21(6-2-17)27-25-26(30(36)33-27)28(34-29(25)35)22-7-3-18(4-8-22)20-11-15-24(32)16-12-20/h1-16,33,36H. The number of amides is 1. The molecule has 2 N–H and O–H groups in total. The van der Waals surface area contributed by atoms with Crippen LogP contribution in [0.3, 0.4) is 0 Å². The Morgan fingerprint density at radius 1 is 0.556 bits per heavy atom. The first-order chi connectivity index (χ1) is 17.5. The lowest BCUT2D eigenvalue weighted by atomic mass is 9.97. The molecule has 0 saturated heterocycles. The number of aliphatic imine (C=N–C) groups is 1. The third-order valence-corrected chi connectivity index (χ3v) is 6.33. The summed E-state index contributed by atoms with van der Waals surface area (Å²) in [5.74, 6) is -1.16. The van der Waals surface area contributed by atoms with Gasteiger partial charge in [-0.25, -0.2) is 13.8 Å². The van der Waals surface area contributed by atoms with Gasteiger partial charge >= 0.3 is 0 Å². The molecule has 5 aromatic rings. The molecule has 0 saturated carbocycles. The van der Waals surface area contributed by atoms with Crippen molar-refractivity contribution in [2.75, 3.05) is 0 Å². The first-order valence-corrected chi connectivity index (χ1v) is 11.3. The number of nitrogens with one attached hydrogen (secondary N) is 1. The number of aromatic hydroxyl groups is 1. The Kier molecular flexibility index (Phi) is 5.08. The van der Waals surface area contributed by atoms with E-state index in [1.807, 2.05) is 48.5 Å². The fraction of sp³-hybridized carbons (Fsp3) is 0. The third kappa shape index (κ3) is 3.69. The molecule has 6 heteroatoms. The van der Waals surface area contributed by atoms with E-state index in [4.69, 9.17) is 0 Å². The van der Waals surface area contributed by atoms with Crippen LogP contribution in [-0.4, -0.2) is 21.7 Å². The monoisotopic (exact) mass is 476 g/mol. The number of carbonyl (C=O) groups is 1. The van der Waals surface area contributed by atoms with Gasteiger partial charge in [-0.1, -0.05) is 72.8 Å². The first kappa shape index (κ1) is 21.7. The van der Waals surface area contributed by atoms with Crippen molar-refractivity contribution in [3.8, 4) is 39.4 Å². The van der Waals surface area contributed by atoms with Gasteiger partial charge in [0.2, 0.25) is 0 Å². The normalized spacial score (nSPS) is 12.5. The Hall–Kier alpha value is -4.84. The summed E-state index contributed by atoms with van der Waals surface area (Å²) < 4.78 is 26.5. The minimum absolute atomic E-state index is 0.130. The number of benzene rings is 4. The number of nitrogens with zero attached hydrogens (tertiary/aromatic N) is 1. The molecule has 174 valence electrons. The van der Waals surface area contributed by atoms with Crippen molar-refractivity contribution >= 4 is 11.6 Å². The van der Waals surface area contributed by atoms with Crippen LogP contribution in [0.4, 0.5) is 8.78 Å². The van der Waals surface area contributed by atoms with Crippen LogP contribution in [0.25, 0.3) is 33.5 Å². The summed E-state index contributed by atoms with van der Waals surface area (Å²) >= 11 is 0. The maximum Gasteiger partial charge on any atom is 0.280 e. The van der Waals surface area contributed by atoms with Crippen LogP contribution in [0.5, 0.6) is 5.88 Å². The summed E-state index contributed by atoms with van der Waals surface area (Å²) in [6.07, 6.45) is 0. The maximum atomic E-state index is 13.2. The predicted octanol–water partition coefficient (Wildman–Crippen LogP) is 6.99. The fourth-order valence-corrected chi connectivity index (χ4v) is 4.50. The molecule has 1 aliphatic rings. The van der Waals surface area contributed by atoms with Gasteiger partial charge in [0.1, 0.15) is 11.6 Å². The van der Waals surface area contributed by atoms with Gasteiger partial charge in [-0.05, 0) is 52.1 Å². The van der Waals surface area contributed by atoms with E-state index in [1.54, 1.807) is 24.3 Å². The lowest BCUT2D eigenvalue weighted by Crippen LogP contribution is -1.99. The molecule has 0 unspecified atom stereocenters. The summed E-state index contributed by atoms with van der Waals surface area (Å²) in [5.41, 5.74) is 6.49. The minimum atomic E-state index is -0.434. The molecule has 0 spiro atoms. The Labute approximate surface area is 205 Å². The zero-order valence-corrected chi connectivity index (χ0v) is 18.8. The molecule has 1 aliphatic heterocycles. The highest BCUT2D eigenvalue weighted by atomic mass is 19.1. The number of halogens is 2.